The predicted molar refractivity (Wildman–Crippen MR) is 81.1 cm³/mol. The van der Waals surface area contributed by atoms with E-state index in [2.05, 4.69) is 34.1 Å². The van der Waals surface area contributed by atoms with Gasteiger partial charge < -0.3 is 20.9 Å². The van der Waals surface area contributed by atoms with Crippen molar-refractivity contribution in [2.75, 3.05) is 24.2 Å². The Morgan fingerprint density at radius 2 is 1.86 bits per heavy atom. The molecule has 0 aliphatic heterocycles. The standard InChI is InChI=1S/C14H25N5O2/c1-4-21-12-18-10(15)17-11(19-12)16-9-14(20)7-5-13(2,3)6-8-14/h20H,4-9H2,1-3H3,(H3,15,16,17,18,19). The molecule has 0 saturated heterocycles. The third-order valence-electron chi connectivity index (χ3n) is 4.02. The van der Waals surface area contributed by atoms with Gasteiger partial charge in [-0.05, 0) is 38.0 Å². The van der Waals surface area contributed by atoms with Gasteiger partial charge in [-0.15, -0.1) is 0 Å². The van der Waals surface area contributed by atoms with Crippen molar-refractivity contribution in [3.63, 3.8) is 0 Å². The van der Waals surface area contributed by atoms with E-state index in [9.17, 15) is 5.11 Å². The molecule has 0 radical (unpaired) electrons. The molecule has 0 aromatic carbocycles. The number of nitrogens with two attached hydrogens (primary N) is 1. The number of rotatable bonds is 5. The van der Waals surface area contributed by atoms with E-state index in [0.717, 1.165) is 25.7 Å². The third-order valence-corrected chi connectivity index (χ3v) is 4.02. The summed E-state index contributed by atoms with van der Waals surface area (Å²) >= 11 is 0. The highest BCUT2D eigenvalue weighted by molar-refractivity contribution is 5.33. The highest BCUT2D eigenvalue weighted by Gasteiger charge is 2.36. The lowest BCUT2D eigenvalue weighted by molar-refractivity contribution is -0.0146. The maximum absolute atomic E-state index is 10.6. The van der Waals surface area contributed by atoms with E-state index < -0.39 is 5.60 Å². The quantitative estimate of drug-likeness (QED) is 0.757. The lowest BCUT2D eigenvalue weighted by Gasteiger charge is -2.40. The minimum absolute atomic E-state index is 0.104. The summed E-state index contributed by atoms with van der Waals surface area (Å²) in [4.78, 5) is 12.0. The number of nitrogen functional groups attached to an aromatic ring is 1. The second kappa shape index (κ2) is 6.01. The Kier molecular flexibility index (Phi) is 4.51. The highest BCUT2D eigenvalue weighted by Crippen LogP contribution is 2.40. The normalized spacial score (nSPS) is 20.0. The van der Waals surface area contributed by atoms with Gasteiger partial charge in [-0.3, -0.25) is 0 Å². The molecule has 1 saturated carbocycles. The van der Waals surface area contributed by atoms with Crippen molar-refractivity contribution in [3.8, 4) is 6.01 Å². The van der Waals surface area contributed by atoms with Crippen LogP contribution in [0.1, 0.15) is 46.5 Å². The van der Waals surface area contributed by atoms with E-state index in [-0.39, 0.29) is 12.0 Å². The fraction of sp³-hybridized carbons (Fsp3) is 0.786. The fourth-order valence-corrected chi connectivity index (χ4v) is 2.46. The Bertz CT molecular complexity index is 482. The summed E-state index contributed by atoms with van der Waals surface area (Å²) < 4.78 is 5.23. The maximum atomic E-state index is 10.6. The number of aromatic nitrogens is 3. The van der Waals surface area contributed by atoms with Crippen LogP contribution in [0, 0.1) is 5.41 Å². The van der Waals surface area contributed by atoms with Crippen LogP contribution in [0.3, 0.4) is 0 Å². The highest BCUT2D eigenvalue weighted by atomic mass is 16.5. The van der Waals surface area contributed by atoms with E-state index in [1.807, 2.05) is 6.92 Å². The van der Waals surface area contributed by atoms with Crippen LogP contribution in [0.4, 0.5) is 11.9 Å². The van der Waals surface area contributed by atoms with Crippen LogP contribution < -0.4 is 15.8 Å². The number of hydrogen-bond acceptors (Lipinski definition) is 7. The Labute approximate surface area is 125 Å². The van der Waals surface area contributed by atoms with E-state index in [0.29, 0.717) is 24.5 Å². The maximum Gasteiger partial charge on any atom is 0.323 e. The van der Waals surface area contributed by atoms with Gasteiger partial charge in [0.2, 0.25) is 11.9 Å². The lowest BCUT2D eigenvalue weighted by atomic mass is 9.71. The Balaban J connectivity index is 1.96. The van der Waals surface area contributed by atoms with Crippen molar-refractivity contribution < 1.29 is 9.84 Å². The van der Waals surface area contributed by atoms with E-state index in [1.54, 1.807) is 0 Å². The Morgan fingerprint density at radius 1 is 1.19 bits per heavy atom. The van der Waals surface area contributed by atoms with Crippen molar-refractivity contribution in [1.29, 1.82) is 0 Å². The summed E-state index contributed by atoms with van der Waals surface area (Å²) in [6, 6.07) is 0.198. The molecule has 1 aliphatic carbocycles. The van der Waals surface area contributed by atoms with Crippen LogP contribution in [0.2, 0.25) is 0 Å². The topological polar surface area (TPSA) is 106 Å². The van der Waals surface area contributed by atoms with Crippen LogP contribution in [-0.2, 0) is 0 Å². The van der Waals surface area contributed by atoms with Gasteiger partial charge >= 0.3 is 6.01 Å². The molecule has 1 fully saturated rings. The summed E-state index contributed by atoms with van der Waals surface area (Å²) in [6.07, 6.45) is 3.56. The van der Waals surface area contributed by atoms with Crippen LogP contribution in [0.15, 0.2) is 0 Å². The van der Waals surface area contributed by atoms with Gasteiger partial charge in [0.05, 0.1) is 12.2 Å². The average molecular weight is 295 g/mol. The van der Waals surface area contributed by atoms with Gasteiger partial charge in [-0.25, -0.2) is 0 Å². The number of aliphatic hydroxyl groups is 1. The average Bonchev–Trinajstić information content (AvgIpc) is 2.41. The van der Waals surface area contributed by atoms with Crippen LogP contribution in [-0.4, -0.2) is 38.8 Å². The van der Waals surface area contributed by atoms with E-state index in [4.69, 9.17) is 10.5 Å². The van der Waals surface area contributed by atoms with Gasteiger partial charge in [0.15, 0.2) is 0 Å². The molecule has 1 aromatic rings. The molecule has 2 rings (SSSR count). The van der Waals surface area contributed by atoms with Gasteiger partial charge in [0, 0.05) is 6.54 Å². The molecule has 1 heterocycles. The van der Waals surface area contributed by atoms with Gasteiger partial charge in [0.1, 0.15) is 0 Å². The van der Waals surface area contributed by atoms with E-state index >= 15 is 0 Å². The molecule has 21 heavy (non-hydrogen) atoms. The van der Waals surface area contributed by atoms with Crippen molar-refractivity contribution in [2.24, 2.45) is 5.41 Å². The monoisotopic (exact) mass is 295 g/mol. The molecule has 7 heteroatoms. The molecule has 118 valence electrons. The first-order valence-electron chi connectivity index (χ1n) is 7.43. The SMILES string of the molecule is CCOc1nc(N)nc(NCC2(O)CCC(C)(C)CC2)n1. The van der Waals surface area contributed by atoms with Gasteiger partial charge in [0.25, 0.3) is 0 Å². The number of anilines is 2. The second-order valence-corrected chi connectivity index (χ2v) is 6.47. The predicted octanol–water partition coefficient (Wildman–Crippen LogP) is 1.60. The molecule has 0 amide bonds. The first-order chi connectivity index (χ1) is 9.82. The van der Waals surface area contributed by atoms with Crippen LogP contribution in [0.5, 0.6) is 6.01 Å². The molecule has 0 unspecified atom stereocenters. The van der Waals surface area contributed by atoms with Crippen LogP contribution in [0.25, 0.3) is 0 Å². The molecule has 1 aromatic heterocycles. The summed E-state index contributed by atoms with van der Waals surface area (Å²) in [5, 5.41) is 13.7. The first-order valence-corrected chi connectivity index (χ1v) is 7.43. The molecule has 0 atom stereocenters. The first kappa shape index (κ1) is 15.8. The van der Waals surface area contributed by atoms with Crippen molar-refractivity contribution in [3.05, 3.63) is 0 Å². The third kappa shape index (κ3) is 4.42. The molecule has 1 aliphatic rings. The largest absolute Gasteiger partial charge is 0.464 e. The van der Waals surface area contributed by atoms with Crippen molar-refractivity contribution >= 4 is 11.9 Å². The summed E-state index contributed by atoms with van der Waals surface area (Å²) in [5.41, 5.74) is 5.21. The number of ether oxygens (including phenoxy) is 1. The zero-order valence-corrected chi connectivity index (χ0v) is 13.0. The van der Waals surface area contributed by atoms with E-state index in [1.165, 1.54) is 0 Å². The zero-order valence-electron chi connectivity index (χ0n) is 13.0. The molecule has 0 bridgehead atoms. The molecule has 0 spiro atoms. The number of hydrogen-bond donors (Lipinski definition) is 3. The molecular weight excluding hydrogens is 270 g/mol. The number of nitrogens with one attached hydrogen (secondary N) is 1. The van der Waals surface area contributed by atoms with Gasteiger partial charge in [-0.2, -0.15) is 15.0 Å². The molecular formula is C14H25N5O2. The van der Waals surface area contributed by atoms with Crippen molar-refractivity contribution in [1.82, 2.24) is 15.0 Å². The van der Waals surface area contributed by atoms with Crippen molar-refractivity contribution in [2.45, 2.75) is 52.1 Å². The summed E-state index contributed by atoms with van der Waals surface area (Å²) in [5.74, 6) is 0.442. The summed E-state index contributed by atoms with van der Waals surface area (Å²) in [6.45, 7) is 7.18. The lowest BCUT2D eigenvalue weighted by Crippen LogP contribution is -2.42. The minimum atomic E-state index is -0.720. The Morgan fingerprint density at radius 3 is 2.48 bits per heavy atom. The minimum Gasteiger partial charge on any atom is -0.464 e. The molecule has 4 N–H and O–H groups in total. The molecule has 7 nitrogen and oxygen atoms in total. The Hall–Kier alpha value is -1.63. The zero-order chi connectivity index (χ0) is 15.5. The fourth-order valence-electron chi connectivity index (χ4n) is 2.46. The summed E-state index contributed by atoms with van der Waals surface area (Å²) in [7, 11) is 0. The second-order valence-electron chi connectivity index (χ2n) is 6.47. The number of nitrogens with zero attached hydrogens (tertiary/aromatic N) is 3. The van der Waals surface area contributed by atoms with Crippen LogP contribution >= 0.6 is 0 Å². The van der Waals surface area contributed by atoms with Gasteiger partial charge in [-0.1, -0.05) is 13.8 Å². The smallest absolute Gasteiger partial charge is 0.323 e.